The van der Waals surface area contributed by atoms with Crippen molar-refractivity contribution in [3.05, 3.63) is 40.9 Å². The fraction of sp³-hybridized carbons (Fsp3) is 0.421. The molecule has 7 heteroatoms. The Morgan fingerprint density at radius 2 is 1.92 bits per heavy atom. The summed E-state index contributed by atoms with van der Waals surface area (Å²) < 4.78 is 30.2. The Hall–Kier alpha value is -1.60. The second-order valence-corrected chi connectivity index (χ2v) is 10.1. The summed E-state index contributed by atoms with van der Waals surface area (Å²) in [6, 6.07) is 11.8. The van der Waals surface area contributed by atoms with E-state index in [4.69, 9.17) is 4.74 Å². The highest BCUT2D eigenvalue weighted by Gasteiger charge is 2.41. The molecule has 2 saturated heterocycles. The van der Waals surface area contributed by atoms with Crippen LogP contribution in [0.5, 0.6) is 5.75 Å². The summed E-state index contributed by atoms with van der Waals surface area (Å²) in [4.78, 5) is 14.3. The van der Waals surface area contributed by atoms with Gasteiger partial charge in [-0.3, -0.25) is 4.79 Å². The van der Waals surface area contributed by atoms with Crippen LogP contribution in [-0.4, -0.2) is 50.4 Å². The third kappa shape index (κ3) is 3.47. The van der Waals surface area contributed by atoms with E-state index in [2.05, 4.69) is 15.9 Å². The average Bonchev–Trinajstić information content (AvgIpc) is 2.94. The van der Waals surface area contributed by atoms with E-state index in [0.29, 0.717) is 18.8 Å². The molecule has 0 spiro atoms. The van der Waals surface area contributed by atoms with E-state index in [0.717, 1.165) is 21.7 Å². The van der Waals surface area contributed by atoms with Crippen molar-refractivity contribution < 1.29 is 17.9 Å². The van der Waals surface area contributed by atoms with Gasteiger partial charge in [-0.2, -0.15) is 0 Å². The molecule has 5 nitrogen and oxygen atoms in total. The van der Waals surface area contributed by atoms with Gasteiger partial charge in [0.15, 0.2) is 16.4 Å². The van der Waals surface area contributed by atoms with E-state index in [1.165, 1.54) is 0 Å². The van der Waals surface area contributed by atoms with Crippen molar-refractivity contribution in [2.45, 2.75) is 6.42 Å². The highest BCUT2D eigenvalue weighted by molar-refractivity contribution is 9.10. The van der Waals surface area contributed by atoms with Gasteiger partial charge >= 0.3 is 0 Å². The number of carbonyl (C=O) groups is 1. The number of sulfone groups is 1. The zero-order valence-electron chi connectivity index (χ0n) is 14.2. The molecular formula is C19H20BrNO4S. The summed E-state index contributed by atoms with van der Waals surface area (Å²) in [5.41, 5.74) is 0. The lowest BCUT2D eigenvalue weighted by molar-refractivity contribution is -0.135. The predicted molar refractivity (Wildman–Crippen MR) is 104 cm³/mol. The van der Waals surface area contributed by atoms with Gasteiger partial charge in [0.25, 0.3) is 5.91 Å². The van der Waals surface area contributed by atoms with Crippen molar-refractivity contribution in [3.8, 4) is 5.75 Å². The van der Waals surface area contributed by atoms with Crippen LogP contribution in [-0.2, 0) is 14.6 Å². The number of benzene rings is 2. The van der Waals surface area contributed by atoms with Crippen LogP contribution in [0.2, 0.25) is 0 Å². The maximum atomic E-state index is 12.5. The molecule has 2 heterocycles. The predicted octanol–water partition coefficient (Wildman–Crippen LogP) is 2.87. The molecule has 2 aromatic rings. The minimum Gasteiger partial charge on any atom is -0.483 e. The Morgan fingerprint density at radius 1 is 1.15 bits per heavy atom. The van der Waals surface area contributed by atoms with Crippen LogP contribution in [0, 0.1) is 11.8 Å². The normalized spacial score (nSPS) is 24.4. The van der Waals surface area contributed by atoms with E-state index in [1.807, 2.05) is 36.4 Å². The number of carbonyl (C=O) groups excluding carboxylic acids is 1. The molecule has 2 atom stereocenters. The van der Waals surface area contributed by atoms with Crippen molar-refractivity contribution in [3.63, 3.8) is 0 Å². The van der Waals surface area contributed by atoms with Crippen LogP contribution < -0.4 is 4.74 Å². The van der Waals surface area contributed by atoms with Gasteiger partial charge in [-0.1, -0.05) is 30.3 Å². The Bertz CT molecular complexity index is 959. The summed E-state index contributed by atoms with van der Waals surface area (Å²) in [6.45, 7) is 1.09. The molecule has 0 radical (unpaired) electrons. The van der Waals surface area contributed by atoms with E-state index < -0.39 is 9.84 Å². The lowest BCUT2D eigenvalue weighted by Gasteiger charge is -2.34. The molecule has 2 aliphatic rings. The smallest absolute Gasteiger partial charge is 0.260 e. The third-order valence-corrected chi connectivity index (χ3v) is 8.05. The van der Waals surface area contributed by atoms with E-state index in [9.17, 15) is 13.2 Å². The number of hydrogen-bond donors (Lipinski definition) is 0. The van der Waals surface area contributed by atoms with Crippen LogP contribution in [0.4, 0.5) is 0 Å². The van der Waals surface area contributed by atoms with Gasteiger partial charge in [0.2, 0.25) is 0 Å². The maximum absolute atomic E-state index is 12.5. The van der Waals surface area contributed by atoms with Crippen LogP contribution in [0.1, 0.15) is 6.42 Å². The number of nitrogens with zero attached hydrogens (tertiary/aromatic N) is 1. The Kier molecular flexibility index (Phi) is 4.69. The Morgan fingerprint density at radius 3 is 2.77 bits per heavy atom. The van der Waals surface area contributed by atoms with Crippen LogP contribution in [0.3, 0.4) is 0 Å². The number of rotatable bonds is 3. The lowest BCUT2D eigenvalue weighted by Crippen LogP contribution is -2.45. The first-order valence-electron chi connectivity index (χ1n) is 8.71. The molecule has 4 rings (SSSR count). The molecule has 2 fully saturated rings. The molecule has 2 aliphatic heterocycles. The summed E-state index contributed by atoms with van der Waals surface area (Å²) >= 11 is 3.56. The number of fused-ring (bicyclic) bond motifs is 2. The van der Waals surface area contributed by atoms with Gasteiger partial charge in [0.1, 0.15) is 5.75 Å². The largest absolute Gasteiger partial charge is 0.483 e. The number of halogens is 1. The minimum atomic E-state index is -2.94. The number of ether oxygens (including phenoxy) is 1. The fourth-order valence-corrected chi connectivity index (χ4v) is 6.86. The number of piperidine rings is 1. The van der Waals surface area contributed by atoms with Crippen molar-refractivity contribution in [1.29, 1.82) is 0 Å². The SMILES string of the molecule is O=C(COc1ccc2ccccc2c1Br)N1CCC2CS(=O)(=O)CC2C1. The van der Waals surface area contributed by atoms with E-state index in [-0.39, 0.29) is 35.9 Å². The molecule has 26 heavy (non-hydrogen) atoms. The summed E-state index contributed by atoms with van der Waals surface area (Å²) in [7, 11) is -2.94. The summed E-state index contributed by atoms with van der Waals surface area (Å²) in [5, 5.41) is 2.14. The van der Waals surface area contributed by atoms with Gasteiger partial charge in [0, 0.05) is 13.1 Å². The molecule has 0 aliphatic carbocycles. The van der Waals surface area contributed by atoms with Crippen molar-refractivity contribution in [2.75, 3.05) is 31.2 Å². The molecule has 2 unspecified atom stereocenters. The van der Waals surface area contributed by atoms with Crippen molar-refractivity contribution in [2.24, 2.45) is 11.8 Å². The quantitative estimate of drug-likeness (QED) is 0.740. The van der Waals surface area contributed by atoms with Crippen molar-refractivity contribution >= 4 is 42.4 Å². The molecule has 2 aromatic carbocycles. The lowest BCUT2D eigenvalue weighted by atomic mass is 9.89. The number of amides is 1. The first-order chi connectivity index (χ1) is 12.4. The second-order valence-electron chi connectivity index (χ2n) is 7.11. The van der Waals surface area contributed by atoms with Crippen molar-refractivity contribution in [1.82, 2.24) is 4.90 Å². The maximum Gasteiger partial charge on any atom is 0.260 e. The number of likely N-dealkylation sites (tertiary alicyclic amines) is 1. The van der Waals surface area contributed by atoms with Gasteiger partial charge < -0.3 is 9.64 Å². The summed E-state index contributed by atoms with van der Waals surface area (Å²) in [6.07, 6.45) is 0.759. The Labute approximate surface area is 161 Å². The Balaban J connectivity index is 1.41. The van der Waals surface area contributed by atoms with E-state index in [1.54, 1.807) is 4.90 Å². The molecule has 138 valence electrons. The molecule has 0 aromatic heterocycles. The number of hydrogen-bond acceptors (Lipinski definition) is 4. The molecule has 1 amide bonds. The van der Waals surface area contributed by atoms with E-state index >= 15 is 0 Å². The first-order valence-corrected chi connectivity index (χ1v) is 11.3. The van der Waals surface area contributed by atoms with Crippen LogP contribution >= 0.6 is 15.9 Å². The second kappa shape index (κ2) is 6.85. The molecular weight excluding hydrogens is 418 g/mol. The zero-order chi connectivity index (χ0) is 18.3. The van der Waals surface area contributed by atoms with Gasteiger partial charge in [-0.25, -0.2) is 8.42 Å². The van der Waals surface area contributed by atoms with Crippen LogP contribution in [0.15, 0.2) is 40.9 Å². The fourth-order valence-electron chi connectivity index (χ4n) is 3.99. The first kappa shape index (κ1) is 17.8. The average molecular weight is 438 g/mol. The topological polar surface area (TPSA) is 63.7 Å². The minimum absolute atomic E-state index is 0.0406. The molecule has 0 saturated carbocycles. The highest BCUT2D eigenvalue weighted by atomic mass is 79.9. The zero-order valence-corrected chi connectivity index (χ0v) is 16.6. The highest BCUT2D eigenvalue weighted by Crippen LogP contribution is 2.34. The van der Waals surface area contributed by atoms with Crippen LogP contribution in [0.25, 0.3) is 10.8 Å². The monoisotopic (exact) mass is 437 g/mol. The molecule has 0 bridgehead atoms. The van der Waals surface area contributed by atoms with Gasteiger partial charge in [-0.05, 0) is 51.0 Å². The third-order valence-electron chi connectivity index (χ3n) is 5.36. The van der Waals surface area contributed by atoms with Gasteiger partial charge in [0.05, 0.1) is 16.0 Å². The summed E-state index contributed by atoms with van der Waals surface area (Å²) in [5.74, 6) is 1.31. The standard InChI is InChI=1S/C19H20BrNO4S/c20-19-16-4-2-1-3-13(16)5-6-17(19)25-10-18(22)21-8-7-14-11-26(23,24)12-15(14)9-21/h1-6,14-15H,7-12H2. The molecule has 0 N–H and O–H groups in total. The van der Waals surface area contributed by atoms with Gasteiger partial charge in [-0.15, -0.1) is 0 Å².